The molecule has 5 rings (SSSR count). The molecule has 15 heteroatoms. The van der Waals surface area contributed by atoms with Crippen LogP contribution in [0.1, 0.15) is 12.8 Å². The number of nitrogens with zero attached hydrogens (tertiary/aromatic N) is 4. The van der Waals surface area contributed by atoms with Crippen molar-refractivity contribution in [1.29, 1.82) is 0 Å². The van der Waals surface area contributed by atoms with Gasteiger partial charge in [0, 0.05) is 18.2 Å². The largest absolute Gasteiger partial charge is 0.454 e. The van der Waals surface area contributed by atoms with E-state index in [1.807, 2.05) is 0 Å². The van der Waals surface area contributed by atoms with E-state index in [0.717, 1.165) is 33.3 Å². The Bertz CT molecular complexity index is 1450. The molecule has 2 aromatic carbocycles. The zero-order valence-corrected chi connectivity index (χ0v) is 20.1. The van der Waals surface area contributed by atoms with Gasteiger partial charge in [-0.15, -0.1) is 10.2 Å². The Morgan fingerprint density at radius 3 is 2.80 bits per heavy atom. The fourth-order valence-electron chi connectivity index (χ4n) is 3.83. The second-order valence-corrected chi connectivity index (χ2v) is 10.9. The molecule has 1 N–H and O–H groups in total. The third-order valence-corrected chi connectivity index (χ3v) is 8.61. The van der Waals surface area contributed by atoms with Crippen LogP contribution in [-0.2, 0) is 14.8 Å². The zero-order valence-electron chi connectivity index (χ0n) is 17.7. The van der Waals surface area contributed by atoms with E-state index in [2.05, 4.69) is 15.5 Å². The van der Waals surface area contributed by atoms with Gasteiger partial charge in [-0.1, -0.05) is 22.9 Å². The third kappa shape index (κ3) is 4.40. The van der Waals surface area contributed by atoms with Gasteiger partial charge in [0.1, 0.15) is 16.1 Å². The quantitative estimate of drug-likeness (QED) is 0.368. The van der Waals surface area contributed by atoms with E-state index >= 15 is 0 Å². The van der Waals surface area contributed by atoms with E-state index in [4.69, 9.17) is 21.1 Å². The minimum atomic E-state index is -4.19. The fourth-order valence-corrected chi connectivity index (χ4v) is 6.43. The predicted octanol–water partition coefficient (Wildman–Crippen LogP) is 3.29. The van der Waals surface area contributed by atoms with Gasteiger partial charge < -0.3 is 9.47 Å². The molecule has 1 saturated heterocycles. The number of rotatable bonds is 6. The number of aromatic nitrogens is 2. The van der Waals surface area contributed by atoms with Crippen molar-refractivity contribution in [3.8, 4) is 22.1 Å². The molecule has 0 radical (unpaired) electrons. The van der Waals surface area contributed by atoms with Crippen LogP contribution < -0.4 is 14.8 Å². The SMILES string of the molecule is O=C(Nc1nnc(-c2ccc3c(c2)OCO3)s1)[C@@H]1CCCN1S(=O)(=O)c1ccc(Cl)c([N+](=O)[O-])c1. The van der Waals surface area contributed by atoms with Crippen LogP contribution in [0.2, 0.25) is 5.02 Å². The monoisotopic (exact) mass is 537 g/mol. The van der Waals surface area contributed by atoms with Gasteiger partial charge in [-0.2, -0.15) is 4.31 Å². The molecule has 2 aliphatic rings. The molecule has 12 nitrogen and oxygen atoms in total. The topological polar surface area (TPSA) is 154 Å². The minimum absolute atomic E-state index is 0.0927. The number of sulfonamides is 1. The van der Waals surface area contributed by atoms with E-state index in [0.29, 0.717) is 22.9 Å². The molecule has 0 saturated carbocycles. The number of anilines is 1. The normalized spacial score (nSPS) is 17.5. The first-order chi connectivity index (χ1) is 16.7. The maximum Gasteiger partial charge on any atom is 0.289 e. The van der Waals surface area contributed by atoms with Gasteiger partial charge in [-0.3, -0.25) is 20.2 Å². The van der Waals surface area contributed by atoms with E-state index in [1.54, 1.807) is 18.2 Å². The molecule has 0 aliphatic carbocycles. The predicted molar refractivity (Wildman–Crippen MR) is 125 cm³/mol. The number of benzene rings is 2. The Balaban J connectivity index is 1.34. The molecule has 2 aliphatic heterocycles. The van der Waals surface area contributed by atoms with Gasteiger partial charge in [-0.25, -0.2) is 8.42 Å². The Morgan fingerprint density at radius 2 is 2.00 bits per heavy atom. The Kier molecular flexibility index (Phi) is 6.04. The zero-order chi connectivity index (χ0) is 24.7. The number of hydrogen-bond acceptors (Lipinski definition) is 10. The lowest BCUT2D eigenvalue weighted by atomic mass is 10.2. The van der Waals surface area contributed by atoms with Crippen LogP contribution in [0.4, 0.5) is 10.8 Å². The van der Waals surface area contributed by atoms with E-state index in [9.17, 15) is 23.3 Å². The van der Waals surface area contributed by atoms with E-state index in [1.165, 1.54) is 6.07 Å². The maximum absolute atomic E-state index is 13.2. The van der Waals surface area contributed by atoms with Gasteiger partial charge >= 0.3 is 0 Å². The van der Waals surface area contributed by atoms with Crippen LogP contribution in [0.15, 0.2) is 41.3 Å². The lowest BCUT2D eigenvalue weighted by Crippen LogP contribution is -2.43. The summed E-state index contributed by atoms with van der Waals surface area (Å²) in [7, 11) is -4.19. The summed E-state index contributed by atoms with van der Waals surface area (Å²) in [6.07, 6.45) is 0.736. The number of nitrogens with one attached hydrogen (secondary N) is 1. The number of nitro groups is 1. The highest BCUT2D eigenvalue weighted by Crippen LogP contribution is 2.37. The lowest BCUT2D eigenvalue weighted by molar-refractivity contribution is -0.384. The number of hydrogen-bond donors (Lipinski definition) is 1. The molecule has 35 heavy (non-hydrogen) atoms. The molecule has 3 aromatic rings. The van der Waals surface area contributed by atoms with Crippen LogP contribution in [-0.4, -0.2) is 53.1 Å². The summed E-state index contributed by atoms with van der Waals surface area (Å²) in [5.41, 5.74) is 0.194. The average molecular weight is 538 g/mol. The van der Waals surface area contributed by atoms with Gasteiger partial charge in [0.05, 0.1) is 9.82 Å². The van der Waals surface area contributed by atoms with E-state index in [-0.39, 0.29) is 34.8 Å². The fraction of sp³-hybridized carbons (Fsp3) is 0.250. The summed E-state index contributed by atoms with van der Waals surface area (Å²) in [4.78, 5) is 23.1. The van der Waals surface area contributed by atoms with Gasteiger partial charge in [-0.05, 0) is 43.2 Å². The van der Waals surface area contributed by atoms with E-state index < -0.39 is 32.6 Å². The highest BCUT2D eigenvalue weighted by atomic mass is 35.5. The second-order valence-electron chi connectivity index (χ2n) is 7.61. The number of halogens is 1. The lowest BCUT2D eigenvalue weighted by Gasteiger charge is -2.22. The summed E-state index contributed by atoms with van der Waals surface area (Å²) in [5, 5.41) is 22.4. The van der Waals surface area contributed by atoms with Crippen molar-refractivity contribution >= 4 is 49.7 Å². The van der Waals surface area contributed by atoms with Crippen molar-refractivity contribution in [2.24, 2.45) is 0 Å². The number of carbonyl (C=O) groups excluding carboxylic acids is 1. The number of carbonyl (C=O) groups is 1. The molecular formula is C20H16ClN5O7S2. The molecule has 1 aromatic heterocycles. The molecular weight excluding hydrogens is 522 g/mol. The molecule has 3 heterocycles. The first-order valence-corrected chi connectivity index (χ1v) is 12.9. The van der Waals surface area contributed by atoms with Gasteiger partial charge in [0.2, 0.25) is 27.9 Å². The molecule has 1 fully saturated rings. The number of ether oxygens (including phenoxy) is 2. The third-order valence-electron chi connectivity index (χ3n) is 5.50. The highest BCUT2D eigenvalue weighted by molar-refractivity contribution is 7.89. The first-order valence-electron chi connectivity index (χ1n) is 10.2. The smallest absolute Gasteiger partial charge is 0.289 e. The molecule has 0 unspecified atom stereocenters. The van der Waals surface area contributed by atoms with Crippen LogP contribution >= 0.6 is 22.9 Å². The summed E-state index contributed by atoms with van der Waals surface area (Å²) in [5.74, 6) is 0.640. The van der Waals surface area contributed by atoms with Gasteiger partial charge in [0.25, 0.3) is 5.69 Å². The summed E-state index contributed by atoms with van der Waals surface area (Å²) in [6.45, 7) is 0.232. The van der Waals surface area contributed by atoms with Crippen molar-refractivity contribution in [3.05, 3.63) is 51.5 Å². The summed E-state index contributed by atoms with van der Waals surface area (Å²) >= 11 is 6.93. The Hall–Kier alpha value is -3.33. The van der Waals surface area contributed by atoms with Crippen LogP contribution in [0.3, 0.4) is 0 Å². The van der Waals surface area contributed by atoms with Crippen molar-refractivity contribution in [1.82, 2.24) is 14.5 Å². The van der Waals surface area contributed by atoms with Crippen molar-refractivity contribution < 1.29 is 27.6 Å². The molecule has 1 atom stereocenters. The van der Waals surface area contributed by atoms with Gasteiger partial charge in [0.15, 0.2) is 11.5 Å². The van der Waals surface area contributed by atoms with Crippen LogP contribution in [0.25, 0.3) is 10.6 Å². The summed E-state index contributed by atoms with van der Waals surface area (Å²) < 4.78 is 38.1. The first kappa shape index (κ1) is 23.4. The minimum Gasteiger partial charge on any atom is -0.454 e. The molecule has 182 valence electrons. The van der Waals surface area contributed by atoms with Crippen LogP contribution in [0.5, 0.6) is 11.5 Å². The van der Waals surface area contributed by atoms with Crippen molar-refractivity contribution in [2.45, 2.75) is 23.8 Å². The standard InChI is InChI=1S/C20H16ClN5O7S2/c21-13-5-4-12(9-15(13)26(28)29)35(30,31)25-7-1-2-14(25)18(27)22-20-24-23-19(34-20)11-3-6-16-17(8-11)33-10-32-16/h3-6,8-9,14H,1-2,7,10H2,(H,22,24,27)/t14-/m0/s1. The number of amides is 1. The molecule has 0 spiro atoms. The Labute approximate surface area is 207 Å². The molecule has 0 bridgehead atoms. The van der Waals surface area contributed by atoms with Crippen molar-refractivity contribution in [2.75, 3.05) is 18.7 Å². The maximum atomic E-state index is 13.2. The molecule has 1 amide bonds. The average Bonchev–Trinajstić information content (AvgIpc) is 3.58. The van der Waals surface area contributed by atoms with Crippen LogP contribution in [0, 0.1) is 10.1 Å². The Morgan fingerprint density at radius 1 is 1.20 bits per heavy atom. The second kappa shape index (κ2) is 9.03. The van der Waals surface area contributed by atoms with Crippen molar-refractivity contribution in [3.63, 3.8) is 0 Å². The number of fused-ring (bicyclic) bond motifs is 1. The highest BCUT2D eigenvalue weighted by Gasteiger charge is 2.40. The number of nitro benzene ring substituents is 1. The summed E-state index contributed by atoms with van der Waals surface area (Å²) in [6, 6.07) is 7.51.